The molecule has 0 aliphatic rings. The molecule has 0 bridgehead atoms. The van der Waals surface area contributed by atoms with Gasteiger partial charge in [0.25, 0.3) is 0 Å². The van der Waals surface area contributed by atoms with Crippen molar-refractivity contribution in [2.75, 3.05) is 11.9 Å². The molecule has 0 saturated carbocycles. The fourth-order valence-corrected chi connectivity index (χ4v) is 1.84. The van der Waals surface area contributed by atoms with Gasteiger partial charge < -0.3 is 10.4 Å². The first-order valence-electron chi connectivity index (χ1n) is 5.67. The van der Waals surface area contributed by atoms with Gasteiger partial charge in [0.15, 0.2) is 0 Å². The van der Waals surface area contributed by atoms with Crippen molar-refractivity contribution >= 4 is 17.3 Å². The van der Waals surface area contributed by atoms with Gasteiger partial charge in [-0.3, -0.25) is 4.68 Å². The molecule has 0 atom stereocenters. The number of nitrogens with one attached hydrogen (secondary N) is 1. The van der Waals surface area contributed by atoms with Crippen LogP contribution in [0.15, 0.2) is 24.7 Å². The average molecular weight is 267 g/mol. The predicted molar refractivity (Wildman–Crippen MR) is 70.6 cm³/mol. The molecule has 0 spiro atoms. The number of anilines is 1. The Balaban J connectivity index is 1.97. The van der Waals surface area contributed by atoms with Crippen LogP contribution in [0.4, 0.5) is 5.69 Å². The van der Waals surface area contributed by atoms with Crippen LogP contribution in [-0.4, -0.2) is 26.5 Å². The zero-order chi connectivity index (χ0) is 13.0. The molecule has 2 aromatic rings. The molecule has 0 fully saturated rings. The Morgan fingerprint density at radius 1 is 1.44 bits per heavy atom. The summed E-state index contributed by atoms with van der Waals surface area (Å²) < 4.78 is 1.71. The summed E-state index contributed by atoms with van der Waals surface area (Å²) >= 11 is 5.80. The summed E-state index contributed by atoms with van der Waals surface area (Å²) in [5, 5.41) is 16.7. The van der Waals surface area contributed by atoms with Crippen LogP contribution in [0.2, 0.25) is 5.15 Å². The van der Waals surface area contributed by atoms with Crippen molar-refractivity contribution in [3.05, 3.63) is 40.9 Å². The standard InChI is InChI=1S/C12H15ClN4O/c1-9-4-12(13)15-7-11(9)14-5-10-6-16-17(8-10)2-3-18/h4,6-8,14,18H,2-3,5H2,1H3. The average Bonchev–Trinajstić information content (AvgIpc) is 2.76. The van der Waals surface area contributed by atoms with Crippen LogP contribution in [0.3, 0.4) is 0 Å². The molecule has 2 N–H and O–H groups in total. The Labute approximate surface area is 110 Å². The van der Waals surface area contributed by atoms with E-state index in [4.69, 9.17) is 16.7 Å². The van der Waals surface area contributed by atoms with Gasteiger partial charge in [-0.15, -0.1) is 0 Å². The number of aromatic nitrogens is 3. The highest BCUT2D eigenvalue weighted by atomic mass is 35.5. The van der Waals surface area contributed by atoms with E-state index >= 15 is 0 Å². The SMILES string of the molecule is Cc1cc(Cl)ncc1NCc1cnn(CCO)c1. The number of aliphatic hydroxyl groups excluding tert-OH is 1. The van der Waals surface area contributed by atoms with E-state index in [0.717, 1.165) is 16.8 Å². The Morgan fingerprint density at radius 2 is 2.28 bits per heavy atom. The Hall–Kier alpha value is -1.59. The fourth-order valence-electron chi connectivity index (χ4n) is 1.63. The lowest BCUT2D eigenvalue weighted by Gasteiger charge is -2.07. The predicted octanol–water partition coefficient (Wildman–Crippen LogP) is 1.84. The van der Waals surface area contributed by atoms with E-state index in [9.17, 15) is 0 Å². The largest absolute Gasteiger partial charge is 0.394 e. The molecule has 5 nitrogen and oxygen atoms in total. The third-order valence-electron chi connectivity index (χ3n) is 2.58. The number of hydrogen-bond acceptors (Lipinski definition) is 4. The first-order chi connectivity index (χ1) is 8.69. The number of hydrogen-bond donors (Lipinski definition) is 2. The van der Waals surface area contributed by atoms with Gasteiger partial charge in [-0.25, -0.2) is 4.98 Å². The maximum atomic E-state index is 8.80. The zero-order valence-electron chi connectivity index (χ0n) is 10.1. The quantitative estimate of drug-likeness (QED) is 0.811. The number of rotatable bonds is 5. The van der Waals surface area contributed by atoms with Gasteiger partial charge in [-0.05, 0) is 18.6 Å². The van der Waals surface area contributed by atoms with E-state index in [0.29, 0.717) is 18.2 Å². The summed E-state index contributed by atoms with van der Waals surface area (Å²) in [6.45, 7) is 3.25. The van der Waals surface area contributed by atoms with Crippen LogP contribution in [0.1, 0.15) is 11.1 Å². The van der Waals surface area contributed by atoms with Crippen LogP contribution in [0.5, 0.6) is 0 Å². The van der Waals surface area contributed by atoms with E-state index in [2.05, 4.69) is 15.4 Å². The van der Waals surface area contributed by atoms with E-state index in [1.54, 1.807) is 17.1 Å². The van der Waals surface area contributed by atoms with Gasteiger partial charge >= 0.3 is 0 Å². The summed E-state index contributed by atoms with van der Waals surface area (Å²) in [7, 11) is 0. The number of aliphatic hydroxyl groups is 1. The summed E-state index contributed by atoms with van der Waals surface area (Å²) in [6, 6.07) is 1.82. The molecule has 0 saturated heterocycles. The minimum atomic E-state index is 0.0920. The Bertz CT molecular complexity index is 527. The van der Waals surface area contributed by atoms with Crippen molar-refractivity contribution in [1.29, 1.82) is 0 Å². The van der Waals surface area contributed by atoms with Crippen molar-refractivity contribution in [2.45, 2.75) is 20.0 Å². The number of pyridine rings is 1. The second kappa shape index (κ2) is 5.84. The van der Waals surface area contributed by atoms with Crippen molar-refractivity contribution in [1.82, 2.24) is 14.8 Å². The Kier molecular flexibility index (Phi) is 4.17. The summed E-state index contributed by atoms with van der Waals surface area (Å²) in [6.07, 6.45) is 5.40. The molecule has 96 valence electrons. The summed E-state index contributed by atoms with van der Waals surface area (Å²) in [5.74, 6) is 0. The highest BCUT2D eigenvalue weighted by molar-refractivity contribution is 6.29. The third-order valence-corrected chi connectivity index (χ3v) is 2.78. The molecule has 0 aromatic carbocycles. The van der Waals surface area contributed by atoms with Gasteiger partial charge in [0.05, 0.1) is 31.2 Å². The maximum Gasteiger partial charge on any atom is 0.129 e. The third kappa shape index (κ3) is 3.21. The van der Waals surface area contributed by atoms with Gasteiger partial charge in [-0.2, -0.15) is 5.10 Å². The lowest BCUT2D eigenvalue weighted by molar-refractivity contribution is 0.269. The van der Waals surface area contributed by atoms with E-state index in [-0.39, 0.29) is 6.61 Å². The number of halogens is 1. The van der Waals surface area contributed by atoms with Crippen LogP contribution >= 0.6 is 11.6 Å². The molecule has 0 aliphatic carbocycles. The first-order valence-corrected chi connectivity index (χ1v) is 6.05. The molecule has 0 amide bonds. The van der Waals surface area contributed by atoms with Gasteiger partial charge in [0.2, 0.25) is 0 Å². The van der Waals surface area contributed by atoms with E-state index in [1.807, 2.05) is 19.2 Å². The second-order valence-electron chi connectivity index (χ2n) is 4.01. The highest BCUT2D eigenvalue weighted by Crippen LogP contribution is 2.17. The molecule has 0 aliphatic heterocycles. The minimum Gasteiger partial charge on any atom is -0.394 e. The topological polar surface area (TPSA) is 63.0 Å². The molecule has 0 radical (unpaired) electrons. The van der Waals surface area contributed by atoms with Crippen LogP contribution < -0.4 is 5.32 Å². The fraction of sp³-hybridized carbons (Fsp3) is 0.333. The van der Waals surface area contributed by atoms with Crippen molar-refractivity contribution < 1.29 is 5.11 Å². The van der Waals surface area contributed by atoms with E-state index in [1.165, 1.54) is 0 Å². The summed E-state index contributed by atoms with van der Waals surface area (Å²) in [5.41, 5.74) is 3.06. The molecular formula is C12H15ClN4O. The van der Waals surface area contributed by atoms with E-state index < -0.39 is 0 Å². The minimum absolute atomic E-state index is 0.0920. The van der Waals surface area contributed by atoms with Crippen LogP contribution in [0, 0.1) is 6.92 Å². The van der Waals surface area contributed by atoms with Crippen LogP contribution in [-0.2, 0) is 13.1 Å². The molecule has 2 aromatic heterocycles. The number of aryl methyl sites for hydroxylation is 1. The molecule has 2 rings (SSSR count). The molecular weight excluding hydrogens is 252 g/mol. The second-order valence-corrected chi connectivity index (χ2v) is 4.40. The van der Waals surface area contributed by atoms with Gasteiger partial charge in [-0.1, -0.05) is 11.6 Å². The highest BCUT2D eigenvalue weighted by Gasteiger charge is 2.02. The number of nitrogens with zero attached hydrogens (tertiary/aromatic N) is 3. The Morgan fingerprint density at radius 3 is 3.00 bits per heavy atom. The zero-order valence-corrected chi connectivity index (χ0v) is 10.9. The van der Waals surface area contributed by atoms with Gasteiger partial charge in [0.1, 0.15) is 5.15 Å². The van der Waals surface area contributed by atoms with Crippen molar-refractivity contribution in [3.63, 3.8) is 0 Å². The van der Waals surface area contributed by atoms with Crippen LogP contribution in [0.25, 0.3) is 0 Å². The van der Waals surface area contributed by atoms with Crippen molar-refractivity contribution in [3.8, 4) is 0 Å². The molecule has 18 heavy (non-hydrogen) atoms. The first kappa shape index (κ1) is 12.9. The molecule has 0 unspecified atom stereocenters. The monoisotopic (exact) mass is 266 g/mol. The lowest BCUT2D eigenvalue weighted by Crippen LogP contribution is -2.03. The van der Waals surface area contributed by atoms with Gasteiger partial charge in [0, 0.05) is 18.3 Å². The lowest BCUT2D eigenvalue weighted by atomic mass is 10.2. The van der Waals surface area contributed by atoms with Crippen molar-refractivity contribution in [2.24, 2.45) is 0 Å². The molecule has 2 heterocycles. The summed E-state index contributed by atoms with van der Waals surface area (Å²) in [4.78, 5) is 4.04. The smallest absolute Gasteiger partial charge is 0.129 e. The molecule has 6 heteroatoms. The maximum absolute atomic E-state index is 8.80. The normalized spacial score (nSPS) is 10.6.